The predicted octanol–water partition coefficient (Wildman–Crippen LogP) is 3.90. The average molecular weight is 349 g/mol. The lowest BCUT2D eigenvalue weighted by molar-refractivity contribution is 0.394. The predicted molar refractivity (Wildman–Crippen MR) is 103 cm³/mol. The lowest BCUT2D eigenvalue weighted by Crippen LogP contribution is -2.04. The van der Waals surface area contributed by atoms with Gasteiger partial charge in [-0.05, 0) is 31.5 Å². The van der Waals surface area contributed by atoms with Crippen LogP contribution in [0.1, 0.15) is 16.7 Å². The number of aryl methyl sites for hydroxylation is 2. The van der Waals surface area contributed by atoms with Gasteiger partial charge in [0.05, 0.1) is 19.9 Å². The van der Waals surface area contributed by atoms with Crippen LogP contribution in [0.15, 0.2) is 42.6 Å². The summed E-state index contributed by atoms with van der Waals surface area (Å²) in [4.78, 5) is 9.32. The standard InChI is InChI=1S/C21H23N3O2/c1-13-5-6-19(14(2)7-13)20-16(11-22)12-23-21(24-20)15-8-17(25-3)10-18(9-15)26-4/h5-10,12H,11,22H2,1-4H3. The number of nitrogens with zero attached hydrogens (tertiary/aromatic N) is 2. The van der Waals surface area contributed by atoms with E-state index < -0.39 is 0 Å². The number of methoxy groups -OCH3 is 2. The molecule has 0 aliphatic heterocycles. The van der Waals surface area contributed by atoms with Gasteiger partial charge in [0, 0.05) is 35.5 Å². The van der Waals surface area contributed by atoms with Crippen LogP contribution < -0.4 is 15.2 Å². The van der Waals surface area contributed by atoms with E-state index in [0.29, 0.717) is 23.9 Å². The van der Waals surface area contributed by atoms with Crippen LogP contribution in [0.5, 0.6) is 11.5 Å². The molecule has 0 saturated heterocycles. The largest absolute Gasteiger partial charge is 0.497 e. The van der Waals surface area contributed by atoms with Crippen molar-refractivity contribution in [3.05, 3.63) is 59.3 Å². The Morgan fingerprint density at radius 1 is 0.962 bits per heavy atom. The molecular formula is C21H23N3O2. The highest BCUT2D eigenvalue weighted by Gasteiger charge is 2.13. The van der Waals surface area contributed by atoms with Crippen LogP contribution in [0.2, 0.25) is 0 Å². The average Bonchev–Trinajstić information content (AvgIpc) is 2.67. The van der Waals surface area contributed by atoms with E-state index in [2.05, 4.69) is 37.0 Å². The Hall–Kier alpha value is -2.92. The molecule has 3 aromatic rings. The molecule has 26 heavy (non-hydrogen) atoms. The maximum atomic E-state index is 5.93. The van der Waals surface area contributed by atoms with Crippen LogP contribution in [-0.2, 0) is 6.54 Å². The van der Waals surface area contributed by atoms with Crippen molar-refractivity contribution in [3.63, 3.8) is 0 Å². The van der Waals surface area contributed by atoms with Gasteiger partial charge in [-0.15, -0.1) is 0 Å². The van der Waals surface area contributed by atoms with E-state index in [9.17, 15) is 0 Å². The lowest BCUT2D eigenvalue weighted by atomic mass is 9.99. The van der Waals surface area contributed by atoms with Crippen molar-refractivity contribution in [1.29, 1.82) is 0 Å². The Labute approximate surface area is 153 Å². The third-order valence-electron chi connectivity index (χ3n) is 4.33. The summed E-state index contributed by atoms with van der Waals surface area (Å²) in [6.45, 7) is 4.54. The molecule has 0 bridgehead atoms. The van der Waals surface area contributed by atoms with Gasteiger partial charge >= 0.3 is 0 Å². The fourth-order valence-electron chi connectivity index (χ4n) is 2.94. The summed E-state index contributed by atoms with van der Waals surface area (Å²) >= 11 is 0. The third-order valence-corrected chi connectivity index (χ3v) is 4.33. The number of nitrogens with two attached hydrogens (primary N) is 1. The van der Waals surface area contributed by atoms with E-state index in [1.165, 1.54) is 5.56 Å². The second kappa shape index (κ2) is 7.54. The molecule has 2 aromatic carbocycles. The summed E-state index contributed by atoms with van der Waals surface area (Å²) in [5.74, 6) is 1.99. The van der Waals surface area contributed by atoms with E-state index >= 15 is 0 Å². The topological polar surface area (TPSA) is 70.3 Å². The number of rotatable bonds is 5. The monoisotopic (exact) mass is 349 g/mol. The molecular weight excluding hydrogens is 326 g/mol. The Bertz CT molecular complexity index is 916. The van der Waals surface area contributed by atoms with Crippen molar-refractivity contribution < 1.29 is 9.47 Å². The molecule has 0 spiro atoms. The molecule has 0 aliphatic rings. The van der Waals surface area contributed by atoms with E-state index in [1.807, 2.05) is 18.2 Å². The molecule has 1 aromatic heterocycles. The van der Waals surface area contributed by atoms with Gasteiger partial charge in [0.1, 0.15) is 11.5 Å². The Kier molecular flexibility index (Phi) is 5.19. The van der Waals surface area contributed by atoms with Crippen LogP contribution in [0.3, 0.4) is 0 Å². The summed E-state index contributed by atoms with van der Waals surface area (Å²) in [6, 6.07) is 11.9. The Balaban J connectivity index is 2.17. The van der Waals surface area contributed by atoms with E-state index in [0.717, 1.165) is 27.9 Å². The molecule has 2 N–H and O–H groups in total. The fraction of sp³-hybridized carbons (Fsp3) is 0.238. The maximum absolute atomic E-state index is 5.93. The quantitative estimate of drug-likeness (QED) is 0.756. The minimum absolute atomic E-state index is 0.379. The highest BCUT2D eigenvalue weighted by molar-refractivity contribution is 5.70. The number of aromatic nitrogens is 2. The van der Waals surface area contributed by atoms with Crippen molar-refractivity contribution in [2.75, 3.05) is 14.2 Å². The smallest absolute Gasteiger partial charge is 0.160 e. The first kappa shape index (κ1) is 17.9. The fourth-order valence-corrected chi connectivity index (χ4v) is 2.94. The number of hydrogen-bond acceptors (Lipinski definition) is 5. The molecule has 0 saturated carbocycles. The van der Waals surface area contributed by atoms with Crippen molar-refractivity contribution in [1.82, 2.24) is 9.97 Å². The highest BCUT2D eigenvalue weighted by Crippen LogP contribution is 2.31. The Morgan fingerprint density at radius 2 is 1.65 bits per heavy atom. The van der Waals surface area contributed by atoms with Gasteiger partial charge in [0.2, 0.25) is 0 Å². The van der Waals surface area contributed by atoms with E-state index in [1.54, 1.807) is 20.4 Å². The minimum Gasteiger partial charge on any atom is -0.497 e. The molecule has 0 atom stereocenters. The van der Waals surface area contributed by atoms with Gasteiger partial charge in [-0.3, -0.25) is 0 Å². The molecule has 0 amide bonds. The number of hydrogen-bond donors (Lipinski definition) is 1. The minimum atomic E-state index is 0.379. The molecule has 1 heterocycles. The van der Waals surface area contributed by atoms with Crippen LogP contribution in [-0.4, -0.2) is 24.2 Å². The van der Waals surface area contributed by atoms with E-state index in [4.69, 9.17) is 20.2 Å². The highest BCUT2D eigenvalue weighted by atomic mass is 16.5. The first-order valence-electron chi connectivity index (χ1n) is 8.42. The van der Waals surface area contributed by atoms with Crippen LogP contribution in [0.4, 0.5) is 0 Å². The Morgan fingerprint density at radius 3 is 2.23 bits per heavy atom. The lowest BCUT2D eigenvalue weighted by Gasteiger charge is -2.13. The molecule has 5 heteroatoms. The summed E-state index contributed by atoms with van der Waals surface area (Å²) < 4.78 is 10.7. The zero-order valence-corrected chi connectivity index (χ0v) is 15.5. The summed E-state index contributed by atoms with van der Waals surface area (Å²) in [7, 11) is 3.25. The van der Waals surface area contributed by atoms with Crippen LogP contribution in [0.25, 0.3) is 22.6 Å². The van der Waals surface area contributed by atoms with Gasteiger partial charge in [-0.2, -0.15) is 0 Å². The summed E-state index contributed by atoms with van der Waals surface area (Å²) in [5.41, 5.74) is 12.0. The van der Waals surface area contributed by atoms with Crippen LogP contribution >= 0.6 is 0 Å². The summed E-state index contributed by atoms with van der Waals surface area (Å²) in [6.07, 6.45) is 1.79. The first-order chi connectivity index (χ1) is 12.5. The molecule has 0 radical (unpaired) electrons. The van der Waals surface area contributed by atoms with Gasteiger partial charge < -0.3 is 15.2 Å². The second-order valence-electron chi connectivity index (χ2n) is 6.19. The van der Waals surface area contributed by atoms with Gasteiger partial charge in [0.25, 0.3) is 0 Å². The third kappa shape index (κ3) is 3.53. The van der Waals surface area contributed by atoms with E-state index in [-0.39, 0.29) is 0 Å². The zero-order chi connectivity index (χ0) is 18.7. The SMILES string of the molecule is COc1cc(OC)cc(-c2ncc(CN)c(-c3ccc(C)cc3C)n2)c1. The molecule has 3 rings (SSSR count). The molecule has 0 fully saturated rings. The molecule has 134 valence electrons. The van der Waals surface area contributed by atoms with Gasteiger partial charge in [-0.1, -0.05) is 23.8 Å². The normalized spacial score (nSPS) is 10.7. The first-order valence-corrected chi connectivity index (χ1v) is 8.42. The van der Waals surface area contributed by atoms with Crippen molar-refractivity contribution in [2.24, 2.45) is 5.73 Å². The maximum Gasteiger partial charge on any atom is 0.160 e. The van der Waals surface area contributed by atoms with Crippen molar-refractivity contribution in [2.45, 2.75) is 20.4 Å². The van der Waals surface area contributed by atoms with Crippen molar-refractivity contribution >= 4 is 0 Å². The van der Waals surface area contributed by atoms with Crippen LogP contribution in [0, 0.1) is 13.8 Å². The van der Waals surface area contributed by atoms with Crippen molar-refractivity contribution in [3.8, 4) is 34.1 Å². The number of ether oxygens (including phenoxy) is 2. The zero-order valence-electron chi connectivity index (χ0n) is 15.5. The second-order valence-corrected chi connectivity index (χ2v) is 6.19. The van der Waals surface area contributed by atoms with Gasteiger partial charge in [-0.25, -0.2) is 9.97 Å². The number of benzene rings is 2. The molecule has 0 aliphatic carbocycles. The van der Waals surface area contributed by atoms with Gasteiger partial charge in [0.15, 0.2) is 5.82 Å². The molecule has 0 unspecified atom stereocenters. The molecule has 5 nitrogen and oxygen atoms in total. The summed E-state index contributed by atoms with van der Waals surface area (Å²) in [5, 5.41) is 0.